The average Bonchev–Trinajstić information content (AvgIpc) is 3.32. The number of hydrogen-bond donors (Lipinski definition) is 1. The molecule has 3 aliphatic rings. The number of aliphatic imine (C=N–C) groups is 1. The summed E-state index contributed by atoms with van der Waals surface area (Å²) < 4.78 is 6.21. The lowest BCUT2D eigenvalue weighted by molar-refractivity contribution is -0.723. The maximum absolute atomic E-state index is 13.2. The third-order valence-corrected chi connectivity index (χ3v) is 7.49. The molecule has 0 aromatic heterocycles. The Kier molecular flexibility index (Phi) is 7.30. The Hall–Kier alpha value is -1.80. The van der Waals surface area contributed by atoms with E-state index in [0.717, 1.165) is 67.7 Å². The molecule has 0 aliphatic carbocycles. The fourth-order valence-electron chi connectivity index (χ4n) is 4.77. The Morgan fingerprint density at radius 2 is 2.12 bits per heavy atom. The molecular formula is C24H32ClN4O2S+. The van der Waals surface area contributed by atoms with Crippen molar-refractivity contribution >= 4 is 40.1 Å². The predicted molar refractivity (Wildman–Crippen MR) is 133 cm³/mol. The van der Waals surface area contributed by atoms with E-state index >= 15 is 0 Å². The van der Waals surface area contributed by atoms with Gasteiger partial charge in [0.1, 0.15) is 18.1 Å². The fraction of sp³-hybridized carbons (Fsp3) is 0.500. The van der Waals surface area contributed by atoms with E-state index in [0.29, 0.717) is 27.7 Å². The van der Waals surface area contributed by atoms with Crippen molar-refractivity contribution in [2.45, 2.75) is 46.1 Å². The molecule has 1 saturated heterocycles. The van der Waals surface area contributed by atoms with E-state index in [9.17, 15) is 4.79 Å². The van der Waals surface area contributed by atoms with Gasteiger partial charge in [0.2, 0.25) is 0 Å². The Morgan fingerprint density at radius 3 is 2.84 bits per heavy atom. The first-order chi connectivity index (χ1) is 15.5. The van der Waals surface area contributed by atoms with Crippen molar-refractivity contribution in [3.05, 3.63) is 51.8 Å². The van der Waals surface area contributed by atoms with Crippen LogP contribution in [0.4, 0.5) is 5.69 Å². The molecule has 1 aromatic rings. The third-order valence-electron chi connectivity index (χ3n) is 6.37. The number of amides is 1. The molecule has 1 amide bonds. The summed E-state index contributed by atoms with van der Waals surface area (Å²) >= 11 is 8.13. The van der Waals surface area contributed by atoms with Gasteiger partial charge in [-0.15, -0.1) is 0 Å². The van der Waals surface area contributed by atoms with E-state index in [1.165, 1.54) is 0 Å². The highest BCUT2D eigenvalue weighted by atomic mass is 35.5. The van der Waals surface area contributed by atoms with Crippen LogP contribution in [0, 0.1) is 6.92 Å². The SMILES string of the molecule is CCC[N+]12C=CSC1=NC(CNC(=O)c1cc(Cl)cc(N(CC)C3CCOCC3)c1C)=C2. The van der Waals surface area contributed by atoms with Gasteiger partial charge in [-0.2, -0.15) is 4.99 Å². The number of rotatable bonds is 8. The normalized spacial score (nSPS) is 22.5. The van der Waals surface area contributed by atoms with Crippen LogP contribution in [0.15, 0.2) is 40.6 Å². The van der Waals surface area contributed by atoms with Crippen molar-refractivity contribution < 1.29 is 14.0 Å². The number of hydrogen-bond acceptors (Lipinski definition) is 5. The topological polar surface area (TPSA) is 53.9 Å². The molecule has 0 spiro atoms. The van der Waals surface area contributed by atoms with E-state index in [2.05, 4.69) is 41.9 Å². The molecule has 6 nitrogen and oxygen atoms in total. The van der Waals surface area contributed by atoms with Crippen LogP contribution in [-0.2, 0) is 4.74 Å². The molecule has 0 bridgehead atoms. The molecule has 8 heteroatoms. The summed E-state index contributed by atoms with van der Waals surface area (Å²) in [5, 5.41) is 6.80. The largest absolute Gasteiger partial charge is 0.381 e. The lowest BCUT2D eigenvalue weighted by Gasteiger charge is -2.36. The molecule has 0 saturated carbocycles. The Balaban J connectivity index is 1.51. The second kappa shape index (κ2) is 10.00. The molecule has 1 atom stereocenters. The maximum Gasteiger partial charge on any atom is 0.278 e. The van der Waals surface area contributed by atoms with Gasteiger partial charge in [-0.05, 0) is 62.6 Å². The van der Waals surface area contributed by atoms with E-state index in [-0.39, 0.29) is 5.91 Å². The maximum atomic E-state index is 13.2. The number of fused-ring (bicyclic) bond motifs is 1. The van der Waals surface area contributed by atoms with E-state index in [1.807, 2.05) is 13.0 Å². The van der Waals surface area contributed by atoms with Gasteiger partial charge in [0.15, 0.2) is 0 Å². The van der Waals surface area contributed by atoms with Crippen molar-refractivity contribution in [1.82, 2.24) is 5.32 Å². The minimum atomic E-state index is -0.118. The van der Waals surface area contributed by atoms with Crippen LogP contribution < -0.4 is 10.2 Å². The predicted octanol–water partition coefficient (Wildman–Crippen LogP) is 5.04. The summed E-state index contributed by atoms with van der Waals surface area (Å²) in [6.45, 7) is 10.1. The van der Waals surface area contributed by atoms with Gasteiger partial charge in [-0.1, -0.05) is 18.5 Å². The number of nitrogens with zero attached hydrogens (tertiary/aromatic N) is 3. The van der Waals surface area contributed by atoms with Gasteiger partial charge >= 0.3 is 0 Å². The van der Waals surface area contributed by atoms with Crippen LogP contribution in [0.2, 0.25) is 5.02 Å². The van der Waals surface area contributed by atoms with Crippen molar-refractivity contribution in [3.63, 3.8) is 0 Å². The van der Waals surface area contributed by atoms with Gasteiger partial charge in [-0.3, -0.25) is 4.79 Å². The summed E-state index contributed by atoms with van der Waals surface area (Å²) in [5.74, 6) is -0.118. The monoisotopic (exact) mass is 475 g/mol. The zero-order valence-electron chi connectivity index (χ0n) is 19.1. The second-order valence-corrected chi connectivity index (χ2v) is 9.79. The number of benzene rings is 1. The second-order valence-electron chi connectivity index (χ2n) is 8.48. The standard InChI is InChI=1S/C24H31ClN4O2S/c1-4-8-29-9-12-32-24(29)27-19(16-29)15-26-23(30)21-13-18(25)14-22(17(21)3)28(5-2)20-6-10-31-11-7-20/h9,12-14,16,20H,4-8,10-11,15H2,1-3H3/p+1. The van der Waals surface area contributed by atoms with Crippen LogP contribution in [0.5, 0.6) is 0 Å². The highest BCUT2D eigenvalue weighted by Crippen LogP contribution is 2.35. The first kappa shape index (κ1) is 23.4. The smallest absolute Gasteiger partial charge is 0.278 e. The van der Waals surface area contributed by atoms with E-state index < -0.39 is 0 Å². The fourth-order valence-corrected chi connectivity index (χ4v) is 5.96. The lowest BCUT2D eigenvalue weighted by atomic mass is 10.0. The number of anilines is 1. The molecule has 4 rings (SSSR count). The Labute approximate surface area is 199 Å². The van der Waals surface area contributed by atoms with Crippen LogP contribution >= 0.6 is 23.4 Å². The lowest BCUT2D eigenvalue weighted by Crippen LogP contribution is -2.40. The number of carbonyl (C=O) groups excluding carboxylic acids is 1. The minimum absolute atomic E-state index is 0.118. The van der Waals surface area contributed by atoms with Crippen molar-refractivity contribution in [1.29, 1.82) is 0 Å². The summed E-state index contributed by atoms with van der Waals surface area (Å²) in [6.07, 6.45) is 7.35. The number of nitrogens with one attached hydrogen (secondary N) is 1. The van der Waals surface area contributed by atoms with Gasteiger partial charge in [0.05, 0.1) is 13.1 Å². The van der Waals surface area contributed by atoms with Crippen molar-refractivity contribution in [3.8, 4) is 0 Å². The highest BCUT2D eigenvalue weighted by Gasteiger charge is 2.39. The number of carbonyl (C=O) groups is 1. The summed E-state index contributed by atoms with van der Waals surface area (Å²) in [5.41, 5.74) is 3.51. The number of amidine groups is 1. The van der Waals surface area contributed by atoms with Crippen LogP contribution in [0.1, 0.15) is 49.0 Å². The zero-order valence-corrected chi connectivity index (χ0v) is 20.6. The number of ether oxygens (including phenoxy) is 1. The quantitative estimate of drug-likeness (QED) is 0.535. The summed E-state index contributed by atoms with van der Waals surface area (Å²) in [7, 11) is 0. The van der Waals surface area contributed by atoms with Crippen LogP contribution in [0.3, 0.4) is 0 Å². The number of halogens is 1. The van der Waals surface area contributed by atoms with Crippen LogP contribution in [-0.4, -0.2) is 54.4 Å². The van der Waals surface area contributed by atoms with E-state index in [4.69, 9.17) is 21.3 Å². The van der Waals surface area contributed by atoms with Crippen molar-refractivity contribution in [2.24, 2.45) is 4.99 Å². The molecule has 1 unspecified atom stereocenters. The Morgan fingerprint density at radius 1 is 1.34 bits per heavy atom. The Bertz CT molecular complexity index is 971. The molecule has 3 aliphatic heterocycles. The van der Waals surface area contributed by atoms with Crippen LogP contribution in [0.25, 0.3) is 0 Å². The zero-order chi connectivity index (χ0) is 22.7. The number of quaternary nitrogens is 1. The van der Waals surface area contributed by atoms with Gasteiger partial charge in [-0.25, -0.2) is 4.48 Å². The molecule has 1 fully saturated rings. The van der Waals surface area contributed by atoms with Gasteiger partial charge in [0, 0.05) is 47.5 Å². The molecule has 1 aromatic carbocycles. The molecule has 32 heavy (non-hydrogen) atoms. The number of thioether (sulfide) groups is 1. The molecular weight excluding hydrogens is 444 g/mol. The molecule has 172 valence electrons. The van der Waals surface area contributed by atoms with E-state index in [1.54, 1.807) is 17.8 Å². The first-order valence-electron chi connectivity index (χ1n) is 11.4. The summed E-state index contributed by atoms with van der Waals surface area (Å²) in [4.78, 5) is 20.3. The average molecular weight is 476 g/mol. The molecule has 1 N–H and O–H groups in total. The molecule has 0 radical (unpaired) electrons. The third kappa shape index (κ3) is 4.62. The van der Waals surface area contributed by atoms with Gasteiger partial charge < -0.3 is 15.0 Å². The van der Waals surface area contributed by atoms with Gasteiger partial charge in [0.25, 0.3) is 11.1 Å². The van der Waals surface area contributed by atoms with Crippen molar-refractivity contribution in [2.75, 3.05) is 37.7 Å². The highest BCUT2D eigenvalue weighted by molar-refractivity contribution is 8.16. The molecule has 3 heterocycles. The minimum Gasteiger partial charge on any atom is -0.381 e. The summed E-state index contributed by atoms with van der Waals surface area (Å²) in [6, 6.07) is 4.15. The first-order valence-corrected chi connectivity index (χ1v) is 12.7.